The van der Waals surface area contributed by atoms with Crippen molar-refractivity contribution in [1.82, 2.24) is 14.9 Å². The highest BCUT2D eigenvalue weighted by molar-refractivity contribution is 5.97. The fraction of sp³-hybridized carbons (Fsp3) is 0.286. The van der Waals surface area contributed by atoms with Crippen LogP contribution >= 0.6 is 0 Å². The molecule has 7 nitrogen and oxygen atoms in total. The molecule has 0 radical (unpaired) electrons. The van der Waals surface area contributed by atoms with E-state index >= 15 is 0 Å². The monoisotopic (exact) mass is 286 g/mol. The van der Waals surface area contributed by atoms with Gasteiger partial charge in [-0.15, -0.1) is 0 Å². The molecule has 1 atom stereocenters. The Balaban J connectivity index is 1.96. The van der Waals surface area contributed by atoms with Crippen LogP contribution < -0.4 is 5.32 Å². The first-order chi connectivity index (χ1) is 10.1. The number of benzene rings is 1. The summed E-state index contributed by atoms with van der Waals surface area (Å²) < 4.78 is 0. The Morgan fingerprint density at radius 3 is 2.90 bits per heavy atom. The molecule has 21 heavy (non-hydrogen) atoms. The highest BCUT2D eigenvalue weighted by Gasteiger charge is 2.29. The minimum atomic E-state index is -1.00. The topological polar surface area (TPSA) is 95.4 Å². The van der Waals surface area contributed by atoms with Gasteiger partial charge in [0.15, 0.2) is 0 Å². The third-order valence-corrected chi connectivity index (χ3v) is 3.62. The number of carboxylic acids is 1. The summed E-state index contributed by atoms with van der Waals surface area (Å²) in [5, 5.41) is 12.8. The molecule has 1 aromatic carbocycles. The fourth-order valence-corrected chi connectivity index (χ4v) is 2.43. The van der Waals surface area contributed by atoms with E-state index in [1.54, 1.807) is 18.0 Å². The first-order valence-electron chi connectivity index (χ1n) is 6.56. The lowest BCUT2D eigenvalue weighted by molar-refractivity contribution is -0.127. The normalized spacial score (nSPS) is 18.2. The molecule has 7 heteroatoms. The second-order valence-corrected chi connectivity index (χ2v) is 5.00. The van der Waals surface area contributed by atoms with Crippen molar-refractivity contribution in [2.75, 3.05) is 18.9 Å². The van der Waals surface area contributed by atoms with Crippen molar-refractivity contribution in [3.05, 3.63) is 30.1 Å². The maximum absolute atomic E-state index is 11.9. The van der Waals surface area contributed by atoms with Crippen molar-refractivity contribution in [1.29, 1.82) is 0 Å². The quantitative estimate of drug-likeness (QED) is 0.873. The van der Waals surface area contributed by atoms with E-state index in [1.807, 2.05) is 0 Å². The largest absolute Gasteiger partial charge is 0.478 e. The van der Waals surface area contributed by atoms with Crippen LogP contribution in [0.25, 0.3) is 10.9 Å². The smallest absolute Gasteiger partial charge is 0.335 e. The third-order valence-electron chi connectivity index (χ3n) is 3.62. The molecule has 1 aromatic heterocycles. The molecule has 108 valence electrons. The molecule has 1 aliphatic heterocycles. The number of carboxylic acid groups (broad SMARTS) is 1. The molecule has 1 aliphatic rings. The third kappa shape index (κ3) is 2.37. The van der Waals surface area contributed by atoms with E-state index in [9.17, 15) is 9.59 Å². The number of fused-ring (bicyclic) bond motifs is 1. The summed E-state index contributed by atoms with van der Waals surface area (Å²) in [5.41, 5.74) is 0.704. The van der Waals surface area contributed by atoms with Crippen molar-refractivity contribution in [3.8, 4) is 0 Å². The van der Waals surface area contributed by atoms with Gasteiger partial charge < -0.3 is 15.3 Å². The lowest BCUT2D eigenvalue weighted by Gasteiger charge is -2.14. The summed E-state index contributed by atoms with van der Waals surface area (Å²) in [6, 6.07) is 4.35. The SMILES string of the molecule is CN1CCC(Nc2ncnc3cc(C(=O)O)ccc23)C1=O. The van der Waals surface area contributed by atoms with Gasteiger partial charge in [0.05, 0.1) is 11.1 Å². The number of anilines is 1. The molecule has 3 rings (SSSR count). The van der Waals surface area contributed by atoms with E-state index < -0.39 is 5.97 Å². The van der Waals surface area contributed by atoms with Crippen LogP contribution in [0.1, 0.15) is 16.8 Å². The predicted molar refractivity (Wildman–Crippen MR) is 76.2 cm³/mol. The van der Waals surface area contributed by atoms with Crippen molar-refractivity contribution < 1.29 is 14.7 Å². The van der Waals surface area contributed by atoms with E-state index in [1.165, 1.54) is 18.5 Å². The van der Waals surface area contributed by atoms with Crippen molar-refractivity contribution in [2.45, 2.75) is 12.5 Å². The number of carbonyl (C=O) groups excluding carboxylic acids is 1. The lowest BCUT2D eigenvalue weighted by atomic mass is 10.1. The summed E-state index contributed by atoms with van der Waals surface area (Å²) in [6.07, 6.45) is 2.08. The number of hydrogen-bond acceptors (Lipinski definition) is 5. The molecule has 1 fully saturated rings. The highest BCUT2D eigenvalue weighted by atomic mass is 16.4. The number of aromatic nitrogens is 2. The Morgan fingerprint density at radius 2 is 2.24 bits per heavy atom. The van der Waals surface area contributed by atoms with Gasteiger partial charge in [-0.2, -0.15) is 0 Å². The summed E-state index contributed by atoms with van der Waals surface area (Å²) in [7, 11) is 1.77. The number of nitrogens with one attached hydrogen (secondary N) is 1. The summed E-state index contributed by atoms with van der Waals surface area (Å²) >= 11 is 0. The zero-order chi connectivity index (χ0) is 15.0. The molecule has 0 bridgehead atoms. The standard InChI is InChI=1S/C14H14N4O3/c1-18-5-4-10(13(18)19)17-12-9-3-2-8(14(20)21)6-11(9)15-7-16-12/h2-3,6-7,10H,4-5H2,1H3,(H,20,21)(H,15,16,17). The summed E-state index contributed by atoms with van der Waals surface area (Å²) in [6.45, 7) is 0.711. The van der Waals surface area contributed by atoms with E-state index in [0.717, 1.165) is 0 Å². The molecular weight excluding hydrogens is 272 g/mol. The van der Waals surface area contributed by atoms with Gasteiger partial charge in [-0.3, -0.25) is 4.79 Å². The van der Waals surface area contributed by atoms with Gasteiger partial charge in [-0.1, -0.05) is 0 Å². The maximum atomic E-state index is 11.9. The summed E-state index contributed by atoms with van der Waals surface area (Å²) in [4.78, 5) is 32.8. The fourth-order valence-electron chi connectivity index (χ4n) is 2.43. The van der Waals surface area contributed by atoms with Crippen LogP contribution in [-0.4, -0.2) is 51.5 Å². The number of hydrogen-bond donors (Lipinski definition) is 2. The lowest BCUT2D eigenvalue weighted by Crippen LogP contribution is -2.31. The molecule has 1 saturated heterocycles. The molecule has 0 aliphatic carbocycles. The maximum Gasteiger partial charge on any atom is 0.335 e. The Hall–Kier alpha value is -2.70. The van der Waals surface area contributed by atoms with E-state index in [2.05, 4.69) is 15.3 Å². The van der Waals surface area contributed by atoms with Crippen LogP contribution in [0.2, 0.25) is 0 Å². The average molecular weight is 286 g/mol. The molecular formula is C14H14N4O3. The number of amides is 1. The van der Waals surface area contributed by atoms with E-state index in [-0.39, 0.29) is 17.5 Å². The van der Waals surface area contributed by atoms with Crippen LogP contribution in [0, 0.1) is 0 Å². The van der Waals surface area contributed by atoms with Crippen LogP contribution in [0.5, 0.6) is 0 Å². The van der Waals surface area contributed by atoms with Crippen molar-refractivity contribution >= 4 is 28.6 Å². The van der Waals surface area contributed by atoms with Gasteiger partial charge in [-0.05, 0) is 24.6 Å². The predicted octanol–water partition coefficient (Wildman–Crippen LogP) is 0.971. The van der Waals surface area contributed by atoms with Gasteiger partial charge >= 0.3 is 5.97 Å². The molecule has 1 unspecified atom stereocenters. The van der Waals surface area contributed by atoms with Crippen molar-refractivity contribution in [3.63, 3.8) is 0 Å². The van der Waals surface area contributed by atoms with Gasteiger partial charge in [0.2, 0.25) is 5.91 Å². The number of nitrogens with zero attached hydrogens (tertiary/aromatic N) is 3. The van der Waals surface area contributed by atoms with E-state index in [0.29, 0.717) is 29.7 Å². The van der Waals surface area contributed by atoms with Gasteiger partial charge in [0.25, 0.3) is 0 Å². The number of aromatic carboxylic acids is 1. The minimum absolute atomic E-state index is 0.0314. The van der Waals surface area contributed by atoms with Crippen molar-refractivity contribution in [2.24, 2.45) is 0 Å². The molecule has 0 saturated carbocycles. The Labute approximate surface area is 120 Å². The van der Waals surface area contributed by atoms with Gasteiger partial charge in [-0.25, -0.2) is 14.8 Å². The van der Waals surface area contributed by atoms with Crippen LogP contribution in [0.4, 0.5) is 5.82 Å². The number of likely N-dealkylation sites (N-methyl/N-ethyl adjacent to an activating group) is 1. The molecule has 1 amide bonds. The molecule has 2 N–H and O–H groups in total. The van der Waals surface area contributed by atoms with Crippen LogP contribution in [0.3, 0.4) is 0 Å². The zero-order valence-corrected chi connectivity index (χ0v) is 11.4. The highest BCUT2D eigenvalue weighted by Crippen LogP contribution is 2.23. The Kier molecular flexibility index (Phi) is 3.17. The van der Waals surface area contributed by atoms with E-state index in [4.69, 9.17) is 5.11 Å². The minimum Gasteiger partial charge on any atom is -0.478 e. The first kappa shape index (κ1) is 13.3. The van der Waals surface area contributed by atoms with Crippen LogP contribution in [0.15, 0.2) is 24.5 Å². The number of rotatable bonds is 3. The van der Waals surface area contributed by atoms with Gasteiger partial charge in [0, 0.05) is 19.0 Å². The number of likely N-dealkylation sites (tertiary alicyclic amines) is 1. The second-order valence-electron chi connectivity index (χ2n) is 5.00. The number of carbonyl (C=O) groups is 2. The van der Waals surface area contributed by atoms with Crippen LogP contribution in [-0.2, 0) is 4.79 Å². The first-order valence-corrected chi connectivity index (χ1v) is 6.56. The average Bonchev–Trinajstić information content (AvgIpc) is 2.79. The Bertz CT molecular complexity index is 731. The zero-order valence-electron chi connectivity index (χ0n) is 11.4. The van der Waals surface area contributed by atoms with Gasteiger partial charge in [0.1, 0.15) is 18.2 Å². The molecule has 0 spiro atoms. The molecule has 2 heterocycles. The summed E-state index contributed by atoms with van der Waals surface area (Å²) in [5.74, 6) is -0.424. The second kappa shape index (κ2) is 5.01. The Morgan fingerprint density at radius 1 is 1.43 bits per heavy atom. The molecule has 2 aromatic rings.